The topological polar surface area (TPSA) is 16.4 Å². The van der Waals surface area contributed by atoms with Crippen LogP contribution in [0.5, 0.6) is 5.75 Å². The second-order valence-corrected chi connectivity index (χ2v) is 12.4. The highest BCUT2D eigenvalue weighted by molar-refractivity contribution is 8.03. The Bertz CT molecular complexity index is 1380. The summed E-state index contributed by atoms with van der Waals surface area (Å²) in [5, 5.41) is 2.65. The van der Waals surface area contributed by atoms with Crippen molar-refractivity contribution in [3.63, 3.8) is 0 Å². The summed E-state index contributed by atoms with van der Waals surface area (Å²) in [5.74, 6) is 0.912. The lowest BCUT2D eigenvalue weighted by Crippen LogP contribution is -2.33. The van der Waals surface area contributed by atoms with Gasteiger partial charge in [0.1, 0.15) is 17.0 Å². The highest BCUT2D eigenvalue weighted by Gasteiger charge is 2.29. The molecule has 0 atom stereocenters. The standard InChI is InChI=1S/C30H35N2OS2/c1-7-31-24-13-20(3)9-11-26(24)34-28(31)15-21-14-22(19-30(4,5)18-21)16-29-32(8-2)25-17-23(33-6)10-12-27(25)35-29/h9-17H,7-8,18-19H2,1-6H3/q+1. The minimum atomic E-state index is 0.230. The van der Waals surface area contributed by atoms with Crippen LogP contribution in [0.4, 0.5) is 5.69 Å². The molecule has 2 heterocycles. The molecule has 0 spiro atoms. The van der Waals surface area contributed by atoms with E-state index in [1.165, 1.54) is 47.5 Å². The van der Waals surface area contributed by atoms with E-state index < -0.39 is 0 Å². The summed E-state index contributed by atoms with van der Waals surface area (Å²) >= 11 is 3.77. The second kappa shape index (κ2) is 9.51. The van der Waals surface area contributed by atoms with Crippen LogP contribution in [0.25, 0.3) is 16.3 Å². The summed E-state index contributed by atoms with van der Waals surface area (Å²) in [6.07, 6.45) is 9.47. The van der Waals surface area contributed by atoms with E-state index in [1.54, 1.807) is 7.11 Å². The molecule has 0 unspecified atom stereocenters. The predicted octanol–water partition coefficient (Wildman–Crippen LogP) is 8.13. The average Bonchev–Trinajstić information content (AvgIpc) is 3.33. The van der Waals surface area contributed by atoms with Crippen molar-refractivity contribution >= 4 is 45.1 Å². The number of thioether (sulfide) groups is 1. The van der Waals surface area contributed by atoms with Crippen molar-refractivity contribution in [2.24, 2.45) is 5.41 Å². The van der Waals surface area contributed by atoms with Crippen molar-refractivity contribution in [2.75, 3.05) is 18.6 Å². The van der Waals surface area contributed by atoms with Crippen LogP contribution in [0, 0.1) is 12.3 Å². The molecule has 0 amide bonds. The smallest absolute Gasteiger partial charge is 0.263 e. The first-order valence-corrected chi connectivity index (χ1v) is 14.1. The van der Waals surface area contributed by atoms with Crippen molar-refractivity contribution in [3.05, 3.63) is 75.3 Å². The van der Waals surface area contributed by atoms with Crippen LogP contribution in [0.2, 0.25) is 0 Å². The van der Waals surface area contributed by atoms with Gasteiger partial charge in [0, 0.05) is 17.5 Å². The van der Waals surface area contributed by atoms with Crippen molar-refractivity contribution in [1.82, 2.24) is 0 Å². The molecule has 0 saturated carbocycles. The summed E-state index contributed by atoms with van der Waals surface area (Å²) in [6.45, 7) is 13.4. The summed E-state index contributed by atoms with van der Waals surface area (Å²) < 4.78 is 9.20. The van der Waals surface area contributed by atoms with Gasteiger partial charge in [-0.1, -0.05) is 49.1 Å². The molecule has 0 fully saturated rings. The molecular weight excluding hydrogens is 468 g/mol. The molecule has 0 saturated heterocycles. The lowest BCUT2D eigenvalue weighted by molar-refractivity contribution is -0.665. The van der Waals surface area contributed by atoms with E-state index in [2.05, 4.69) is 98.7 Å². The molecule has 1 aliphatic heterocycles. The van der Waals surface area contributed by atoms with Gasteiger partial charge in [0.25, 0.3) is 5.01 Å². The minimum absolute atomic E-state index is 0.230. The zero-order valence-electron chi connectivity index (χ0n) is 21.6. The van der Waals surface area contributed by atoms with Gasteiger partial charge < -0.3 is 9.64 Å². The Kier molecular flexibility index (Phi) is 6.58. The Morgan fingerprint density at radius 2 is 1.91 bits per heavy atom. The van der Waals surface area contributed by atoms with E-state index in [4.69, 9.17) is 4.74 Å². The van der Waals surface area contributed by atoms with E-state index in [0.717, 1.165) is 31.7 Å². The number of benzene rings is 2. The quantitative estimate of drug-likeness (QED) is 0.327. The van der Waals surface area contributed by atoms with Gasteiger partial charge in [-0.05, 0) is 86.1 Å². The largest absolute Gasteiger partial charge is 0.497 e. The number of fused-ring (bicyclic) bond motifs is 2. The number of methoxy groups -OCH3 is 1. The maximum Gasteiger partial charge on any atom is 0.263 e. The number of nitrogens with zero attached hydrogens (tertiary/aromatic N) is 2. The molecule has 0 N–H and O–H groups in total. The fraction of sp³-hybridized carbons (Fsp3) is 0.367. The molecule has 0 bridgehead atoms. The third-order valence-electron chi connectivity index (χ3n) is 6.81. The molecule has 2 aromatic carbocycles. The normalized spacial score (nSPS) is 19.5. The van der Waals surface area contributed by atoms with Crippen LogP contribution in [0.15, 0.2) is 69.6 Å². The molecule has 35 heavy (non-hydrogen) atoms. The first-order valence-electron chi connectivity index (χ1n) is 12.5. The number of hydrogen-bond donors (Lipinski definition) is 0. The van der Waals surface area contributed by atoms with Crippen LogP contribution in [-0.2, 0) is 6.54 Å². The Balaban J connectivity index is 1.53. The number of anilines is 1. The van der Waals surface area contributed by atoms with Gasteiger partial charge >= 0.3 is 0 Å². The molecule has 3 nitrogen and oxygen atoms in total. The number of aryl methyl sites for hydroxylation is 2. The highest BCUT2D eigenvalue weighted by atomic mass is 32.2. The van der Waals surface area contributed by atoms with Crippen LogP contribution in [0.1, 0.15) is 51.1 Å². The van der Waals surface area contributed by atoms with Crippen LogP contribution >= 0.6 is 23.1 Å². The summed E-state index contributed by atoms with van der Waals surface area (Å²) in [5.41, 5.74) is 6.97. The van der Waals surface area contributed by atoms with Gasteiger partial charge in [-0.25, -0.2) is 0 Å². The molecule has 1 aromatic heterocycles. The first kappa shape index (κ1) is 24.2. The third kappa shape index (κ3) is 4.81. The number of hydrogen-bond acceptors (Lipinski definition) is 4. The minimum Gasteiger partial charge on any atom is -0.497 e. The van der Waals surface area contributed by atoms with Gasteiger partial charge in [0.05, 0.1) is 23.9 Å². The zero-order chi connectivity index (χ0) is 24.7. The van der Waals surface area contributed by atoms with Crippen LogP contribution in [0.3, 0.4) is 0 Å². The van der Waals surface area contributed by atoms with E-state index in [9.17, 15) is 0 Å². The third-order valence-corrected chi connectivity index (χ3v) is 9.03. The first-order chi connectivity index (χ1) is 16.8. The predicted molar refractivity (Wildman–Crippen MR) is 151 cm³/mol. The Labute approximate surface area is 217 Å². The van der Waals surface area contributed by atoms with E-state index in [1.807, 2.05) is 23.1 Å². The lowest BCUT2D eigenvalue weighted by Gasteiger charge is -2.31. The number of rotatable bonds is 5. The summed E-state index contributed by atoms with van der Waals surface area (Å²) in [7, 11) is 1.74. The molecule has 5 heteroatoms. The van der Waals surface area contributed by atoms with Crippen molar-refractivity contribution in [1.29, 1.82) is 0 Å². The zero-order valence-corrected chi connectivity index (χ0v) is 23.3. The Morgan fingerprint density at radius 3 is 2.66 bits per heavy atom. The maximum absolute atomic E-state index is 5.49. The summed E-state index contributed by atoms with van der Waals surface area (Å²) in [6, 6.07) is 13.2. The van der Waals surface area contributed by atoms with Gasteiger partial charge in [0.2, 0.25) is 5.52 Å². The van der Waals surface area contributed by atoms with Crippen molar-refractivity contribution in [3.8, 4) is 5.75 Å². The number of aromatic nitrogens is 1. The lowest BCUT2D eigenvalue weighted by atomic mass is 9.75. The van der Waals surface area contributed by atoms with Crippen molar-refractivity contribution < 1.29 is 9.30 Å². The molecule has 1 aliphatic carbocycles. The van der Waals surface area contributed by atoms with Gasteiger partial charge in [-0.2, -0.15) is 4.57 Å². The fourth-order valence-electron chi connectivity index (χ4n) is 5.30. The van der Waals surface area contributed by atoms with Crippen LogP contribution < -0.4 is 14.2 Å². The maximum atomic E-state index is 5.49. The van der Waals surface area contributed by atoms with Gasteiger partial charge in [0.15, 0.2) is 0 Å². The van der Waals surface area contributed by atoms with E-state index >= 15 is 0 Å². The fourth-order valence-corrected chi connectivity index (χ4v) is 7.66. The molecule has 3 aromatic rings. The summed E-state index contributed by atoms with van der Waals surface area (Å²) in [4.78, 5) is 3.82. The van der Waals surface area contributed by atoms with Gasteiger partial charge in [-0.15, -0.1) is 0 Å². The number of thiazole rings is 1. The second-order valence-electron chi connectivity index (χ2n) is 10.3. The van der Waals surface area contributed by atoms with Crippen molar-refractivity contribution in [2.45, 2.75) is 58.9 Å². The SMILES string of the molecule is CCN1C(=CC2=CC(=Cc3sc4ccc(OC)cc4[n+]3CC)CC(C)(C)C2)Sc2ccc(C)cc21. The molecule has 182 valence electrons. The molecule has 0 radical (unpaired) electrons. The molecule has 2 aliphatic rings. The van der Waals surface area contributed by atoms with Gasteiger partial charge in [-0.3, -0.25) is 0 Å². The molecular formula is C30H35N2OS2+. The monoisotopic (exact) mass is 503 g/mol. The average molecular weight is 504 g/mol. The number of ether oxygens (including phenoxy) is 1. The molecule has 5 rings (SSSR count). The van der Waals surface area contributed by atoms with E-state index in [-0.39, 0.29) is 5.41 Å². The Hall–Kier alpha value is -2.50. The van der Waals surface area contributed by atoms with Crippen LogP contribution in [-0.4, -0.2) is 13.7 Å². The number of allylic oxidation sites excluding steroid dienone is 4. The highest BCUT2D eigenvalue weighted by Crippen LogP contribution is 2.48. The van der Waals surface area contributed by atoms with E-state index in [0.29, 0.717) is 0 Å². The Morgan fingerprint density at radius 1 is 1.09 bits per heavy atom.